The van der Waals surface area contributed by atoms with Crippen molar-refractivity contribution in [2.75, 3.05) is 18.4 Å². The molecule has 0 aliphatic heterocycles. The third-order valence-electron chi connectivity index (χ3n) is 2.81. The molecule has 2 aromatic rings. The van der Waals surface area contributed by atoms with Gasteiger partial charge in [-0.2, -0.15) is 10.1 Å². The summed E-state index contributed by atoms with van der Waals surface area (Å²) in [7, 11) is 0. The van der Waals surface area contributed by atoms with Crippen LogP contribution in [0.15, 0.2) is 22.9 Å². The molecule has 0 unspecified atom stereocenters. The van der Waals surface area contributed by atoms with Crippen LogP contribution in [0, 0.1) is 0 Å². The van der Waals surface area contributed by atoms with Gasteiger partial charge in [-0.15, -0.1) is 0 Å². The Morgan fingerprint density at radius 3 is 2.84 bits per heavy atom. The van der Waals surface area contributed by atoms with Gasteiger partial charge in [0.1, 0.15) is 12.1 Å². The average molecular weight is 263 g/mol. The maximum absolute atomic E-state index is 11.8. The highest BCUT2D eigenvalue weighted by atomic mass is 16.4. The van der Waals surface area contributed by atoms with E-state index in [0.717, 1.165) is 18.8 Å². The highest BCUT2D eigenvalue weighted by Gasteiger charge is 2.13. The molecule has 0 radical (unpaired) electrons. The molecular weight excluding hydrogens is 246 g/mol. The number of hydrogen-bond donors (Lipinski definition) is 2. The van der Waals surface area contributed by atoms with E-state index in [1.165, 1.54) is 6.33 Å². The Morgan fingerprint density at radius 2 is 2.21 bits per heavy atom. The summed E-state index contributed by atoms with van der Waals surface area (Å²) in [4.78, 5) is 17.9. The van der Waals surface area contributed by atoms with E-state index in [1.807, 2.05) is 6.07 Å². The van der Waals surface area contributed by atoms with Crippen molar-refractivity contribution in [1.29, 1.82) is 0 Å². The van der Waals surface area contributed by atoms with Crippen molar-refractivity contribution >= 4 is 11.9 Å². The lowest BCUT2D eigenvalue weighted by Crippen LogP contribution is -2.21. The standard InChI is InChI=1S/C12H17N5O2/c1-3-17(4-2)7-9-5-6-10(19-9)11(18)15-12-13-8-14-16-12/h5-6,8H,3-4,7H2,1-2H3,(H2,13,14,15,16,18). The molecule has 0 aliphatic carbocycles. The Morgan fingerprint density at radius 1 is 1.42 bits per heavy atom. The summed E-state index contributed by atoms with van der Waals surface area (Å²) < 4.78 is 5.51. The van der Waals surface area contributed by atoms with E-state index >= 15 is 0 Å². The maximum atomic E-state index is 11.8. The lowest BCUT2D eigenvalue weighted by molar-refractivity contribution is 0.0992. The SMILES string of the molecule is CCN(CC)Cc1ccc(C(=O)Nc2ncn[nH]2)o1. The molecule has 19 heavy (non-hydrogen) atoms. The van der Waals surface area contributed by atoms with Gasteiger partial charge in [-0.3, -0.25) is 15.0 Å². The molecule has 1 amide bonds. The van der Waals surface area contributed by atoms with Crippen LogP contribution in [0.5, 0.6) is 0 Å². The molecule has 0 bridgehead atoms. The summed E-state index contributed by atoms with van der Waals surface area (Å²) in [5, 5.41) is 8.76. The van der Waals surface area contributed by atoms with Crippen LogP contribution in [0.2, 0.25) is 0 Å². The number of aromatic amines is 1. The van der Waals surface area contributed by atoms with Gasteiger partial charge < -0.3 is 4.42 Å². The molecule has 0 saturated heterocycles. The summed E-state index contributed by atoms with van der Waals surface area (Å²) in [5.41, 5.74) is 0. The number of nitrogens with one attached hydrogen (secondary N) is 2. The Labute approximate surface area is 111 Å². The number of anilines is 1. The molecule has 2 heterocycles. The van der Waals surface area contributed by atoms with Crippen molar-refractivity contribution in [3.8, 4) is 0 Å². The first kappa shape index (κ1) is 13.3. The fourth-order valence-corrected chi connectivity index (χ4v) is 1.69. The van der Waals surface area contributed by atoms with E-state index in [-0.39, 0.29) is 11.7 Å². The summed E-state index contributed by atoms with van der Waals surface area (Å²) in [5.74, 6) is 0.985. The second-order valence-corrected chi connectivity index (χ2v) is 4.02. The van der Waals surface area contributed by atoms with Crippen LogP contribution in [-0.2, 0) is 6.54 Å². The fraction of sp³-hybridized carbons (Fsp3) is 0.417. The van der Waals surface area contributed by atoms with Gasteiger partial charge in [0.2, 0.25) is 5.95 Å². The van der Waals surface area contributed by atoms with E-state index < -0.39 is 0 Å². The number of rotatable bonds is 6. The van der Waals surface area contributed by atoms with Gasteiger partial charge in [0.25, 0.3) is 5.91 Å². The second-order valence-electron chi connectivity index (χ2n) is 4.02. The van der Waals surface area contributed by atoms with Gasteiger partial charge in [0.05, 0.1) is 6.54 Å². The minimum atomic E-state index is -0.345. The Balaban J connectivity index is 1.98. The van der Waals surface area contributed by atoms with Gasteiger partial charge in [0.15, 0.2) is 5.76 Å². The van der Waals surface area contributed by atoms with Gasteiger partial charge >= 0.3 is 0 Å². The minimum absolute atomic E-state index is 0.263. The lowest BCUT2D eigenvalue weighted by atomic mass is 10.4. The number of aromatic nitrogens is 3. The predicted molar refractivity (Wildman–Crippen MR) is 69.7 cm³/mol. The first-order chi connectivity index (χ1) is 9.22. The fourth-order valence-electron chi connectivity index (χ4n) is 1.69. The van der Waals surface area contributed by atoms with Crippen LogP contribution in [0.1, 0.15) is 30.2 Å². The van der Waals surface area contributed by atoms with Crippen LogP contribution >= 0.6 is 0 Å². The van der Waals surface area contributed by atoms with Crippen molar-refractivity contribution in [3.63, 3.8) is 0 Å². The number of carbonyl (C=O) groups excluding carboxylic acids is 1. The van der Waals surface area contributed by atoms with E-state index in [0.29, 0.717) is 12.5 Å². The maximum Gasteiger partial charge on any atom is 0.293 e. The zero-order chi connectivity index (χ0) is 13.7. The highest BCUT2D eigenvalue weighted by molar-refractivity contribution is 6.01. The van der Waals surface area contributed by atoms with Crippen molar-refractivity contribution in [2.45, 2.75) is 20.4 Å². The molecular formula is C12H17N5O2. The zero-order valence-corrected chi connectivity index (χ0v) is 11.0. The summed E-state index contributed by atoms with van der Waals surface area (Å²) in [6.07, 6.45) is 1.32. The average Bonchev–Trinajstić information content (AvgIpc) is 3.07. The molecule has 2 N–H and O–H groups in total. The Kier molecular flexibility index (Phi) is 4.30. The number of H-pyrrole nitrogens is 1. The molecule has 0 fully saturated rings. The molecule has 0 atom stereocenters. The summed E-state index contributed by atoms with van der Waals surface area (Å²) in [6, 6.07) is 3.47. The molecule has 2 rings (SSSR count). The van der Waals surface area contributed by atoms with Crippen molar-refractivity contribution in [2.24, 2.45) is 0 Å². The number of nitrogens with zero attached hydrogens (tertiary/aromatic N) is 3. The molecule has 0 aromatic carbocycles. The summed E-state index contributed by atoms with van der Waals surface area (Å²) in [6.45, 7) is 6.75. The predicted octanol–water partition coefficient (Wildman–Crippen LogP) is 1.49. The van der Waals surface area contributed by atoms with E-state index in [9.17, 15) is 4.79 Å². The Hall–Kier alpha value is -2.15. The van der Waals surface area contributed by atoms with Crippen molar-refractivity contribution < 1.29 is 9.21 Å². The molecule has 7 heteroatoms. The Bertz CT molecular complexity index is 516. The molecule has 0 spiro atoms. The van der Waals surface area contributed by atoms with E-state index in [4.69, 9.17) is 4.42 Å². The third kappa shape index (κ3) is 3.41. The van der Waals surface area contributed by atoms with E-state index in [2.05, 4.69) is 39.2 Å². The number of furan rings is 1. The van der Waals surface area contributed by atoms with E-state index in [1.54, 1.807) is 6.07 Å². The number of hydrogen-bond acceptors (Lipinski definition) is 5. The largest absolute Gasteiger partial charge is 0.455 e. The summed E-state index contributed by atoms with van der Waals surface area (Å²) >= 11 is 0. The van der Waals surface area contributed by atoms with Crippen molar-refractivity contribution in [1.82, 2.24) is 20.1 Å². The van der Waals surface area contributed by atoms with Crippen molar-refractivity contribution in [3.05, 3.63) is 30.0 Å². The zero-order valence-electron chi connectivity index (χ0n) is 11.0. The quantitative estimate of drug-likeness (QED) is 0.824. The monoisotopic (exact) mass is 263 g/mol. The van der Waals surface area contributed by atoms with Gasteiger partial charge in [0, 0.05) is 0 Å². The number of amides is 1. The first-order valence-corrected chi connectivity index (χ1v) is 6.20. The minimum Gasteiger partial charge on any atom is -0.455 e. The van der Waals surface area contributed by atoms with Crippen LogP contribution in [-0.4, -0.2) is 39.1 Å². The van der Waals surface area contributed by atoms with Crippen LogP contribution in [0.3, 0.4) is 0 Å². The van der Waals surface area contributed by atoms with Gasteiger partial charge in [-0.05, 0) is 25.2 Å². The van der Waals surface area contributed by atoms with Crippen LogP contribution in [0.4, 0.5) is 5.95 Å². The first-order valence-electron chi connectivity index (χ1n) is 6.20. The molecule has 0 aliphatic rings. The molecule has 7 nitrogen and oxygen atoms in total. The smallest absolute Gasteiger partial charge is 0.293 e. The molecule has 102 valence electrons. The van der Waals surface area contributed by atoms with Gasteiger partial charge in [-0.25, -0.2) is 5.10 Å². The second kappa shape index (κ2) is 6.14. The topological polar surface area (TPSA) is 87.0 Å². The molecule has 2 aromatic heterocycles. The van der Waals surface area contributed by atoms with Crippen LogP contribution < -0.4 is 5.32 Å². The number of carbonyl (C=O) groups is 1. The molecule has 0 saturated carbocycles. The van der Waals surface area contributed by atoms with Crippen LogP contribution in [0.25, 0.3) is 0 Å². The third-order valence-corrected chi connectivity index (χ3v) is 2.81. The lowest BCUT2D eigenvalue weighted by Gasteiger charge is -2.15. The highest BCUT2D eigenvalue weighted by Crippen LogP contribution is 2.11. The normalized spacial score (nSPS) is 10.9. The van der Waals surface area contributed by atoms with Gasteiger partial charge in [-0.1, -0.05) is 13.8 Å².